The van der Waals surface area contributed by atoms with Crippen LogP contribution >= 0.6 is 11.3 Å². The highest BCUT2D eigenvalue weighted by atomic mass is 32.1. The van der Waals surface area contributed by atoms with Crippen LogP contribution in [0.1, 0.15) is 42.4 Å². The van der Waals surface area contributed by atoms with E-state index in [4.69, 9.17) is 14.5 Å². The Morgan fingerprint density at radius 3 is 2.89 bits per heavy atom. The van der Waals surface area contributed by atoms with Gasteiger partial charge >= 0.3 is 11.9 Å². The minimum atomic E-state index is -0.863. The van der Waals surface area contributed by atoms with E-state index in [1.807, 2.05) is 5.38 Å². The van der Waals surface area contributed by atoms with E-state index in [0.717, 1.165) is 0 Å². The van der Waals surface area contributed by atoms with Crippen LogP contribution in [0.2, 0.25) is 0 Å². The number of aromatic nitrogens is 1. The first-order chi connectivity index (χ1) is 17.8. The summed E-state index contributed by atoms with van der Waals surface area (Å²) in [6, 6.07) is 3.55. The average Bonchev–Trinajstić information content (AvgIpc) is 3.40. The lowest BCUT2D eigenvalue weighted by atomic mass is 9.92. The molecule has 3 unspecified atom stereocenters. The Balaban J connectivity index is 1.78. The van der Waals surface area contributed by atoms with Gasteiger partial charge in [0.15, 0.2) is 10.8 Å². The molecule has 0 bridgehead atoms. The van der Waals surface area contributed by atoms with Gasteiger partial charge in [0.05, 0.1) is 31.3 Å². The number of hydrogen-bond acceptors (Lipinski definition) is 9. The maximum atomic E-state index is 14.0. The summed E-state index contributed by atoms with van der Waals surface area (Å²) < 4.78 is 25.1. The van der Waals surface area contributed by atoms with E-state index >= 15 is 0 Å². The second-order valence-electron chi connectivity index (χ2n) is 9.13. The van der Waals surface area contributed by atoms with Crippen LogP contribution in [0.5, 0.6) is 0 Å². The fraction of sp³-hybridized carbons (Fsp3) is 0.462. The van der Waals surface area contributed by atoms with Crippen molar-refractivity contribution in [2.24, 2.45) is 10.9 Å². The zero-order valence-corrected chi connectivity index (χ0v) is 21.9. The molecule has 4 rings (SSSR count). The number of nitrogens with zero attached hydrogens (tertiary/aromatic N) is 3. The molecule has 0 spiro atoms. The number of morpholine rings is 1. The number of esters is 1. The number of ether oxygens (including phenoxy) is 2. The molecule has 198 valence electrons. The Labute approximate surface area is 219 Å². The maximum Gasteiger partial charge on any atom is 0.338 e. The Morgan fingerprint density at radius 2 is 2.22 bits per heavy atom. The number of rotatable bonds is 9. The van der Waals surface area contributed by atoms with Gasteiger partial charge in [-0.2, -0.15) is 0 Å². The largest absolute Gasteiger partial charge is 0.481 e. The van der Waals surface area contributed by atoms with Crippen molar-refractivity contribution in [1.82, 2.24) is 15.2 Å². The van der Waals surface area contributed by atoms with Gasteiger partial charge in [-0.25, -0.2) is 14.2 Å². The molecule has 11 heteroatoms. The number of aryl methyl sites for hydroxylation is 1. The van der Waals surface area contributed by atoms with Gasteiger partial charge in [-0.05, 0) is 43.5 Å². The number of hydrogen-bond donors (Lipinski definition) is 2. The molecule has 0 saturated carbocycles. The van der Waals surface area contributed by atoms with Crippen LogP contribution in [0.25, 0.3) is 0 Å². The topological polar surface area (TPSA) is 113 Å². The smallest absolute Gasteiger partial charge is 0.338 e. The molecule has 0 radical (unpaired) electrons. The summed E-state index contributed by atoms with van der Waals surface area (Å²) in [5, 5.41) is 15.3. The van der Waals surface area contributed by atoms with Crippen LogP contribution in [0.3, 0.4) is 0 Å². The minimum Gasteiger partial charge on any atom is -0.481 e. The highest BCUT2D eigenvalue weighted by Crippen LogP contribution is 2.35. The first kappa shape index (κ1) is 26.9. The molecule has 0 aliphatic carbocycles. The zero-order chi connectivity index (χ0) is 26.5. The van der Waals surface area contributed by atoms with E-state index in [0.29, 0.717) is 66.0 Å². The minimum absolute atomic E-state index is 0.147. The van der Waals surface area contributed by atoms with Crippen LogP contribution in [-0.4, -0.2) is 71.7 Å². The predicted octanol–water partition coefficient (Wildman–Crippen LogP) is 3.31. The molecule has 2 aromatic rings. The van der Waals surface area contributed by atoms with Crippen molar-refractivity contribution in [3.8, 4) is 0 Å². The predicted molar refractivity (Wildman–Crippen MR) is 137 cm³/mol. The van der Waals surface area contributed by atoms with Crippen molar-refractivity contribution in [2.45, 2.75) is 39.3 Å². The quantitative estimate of drug-likeness (QED) is 0.475. The molecule has 0 amide bonds. The molecule has 1 saturated heterocycles. The van der Waals surface area contributed by atoms with Crippen molar-refractivity contribution in [2.75, 3.05) is 32.9 Å². The Hall–Kier alpha value is -3.15. The third kappa shape index (κ3) is 6.23. The van der Waals surface area contributed by atoms with Crippen LogP contribution < -0.4 is 5.32 Å². The van der Waals surface area contributed by atoms with Gasteiger partial charge in [0.1, 0.15) is 11.9 Å². The average molecular weight is 531 g/mol. The first-order valence-electron chi connectivity index (χ1n) is 12.2. The second-order valence-corrected chi connectivity index (χ2v) is 10.0. The van der Waals surface area contributed by atoms with E-state index in [9.17, 15) is 19.1 Å². The molecule has 2 N–H and O–H groups in total. The van der Waals surface area contributed by atoms with E-state index in [2.05, 4.69) is 15.2 Å². The fourth-order valence-corrected chi connectivity index (χ4v) is 5.20. The molecule has 37 heavy (non-hydrogen) atoms. The number of amidine groups is 1. The molecule has 1 aromatic carbocycles. The SMILES string of the molecule is CCOC(=O)C1=C(CN2CCOCC2CC(C)C(=O)O)NC(c2nccs2)=NC1c1ccc(F)cc1C. The molecular weight excluding hydrogens is 499 g/mol. The fourth-order valence-electron chi connectivity index (χ4n) is 4.62. The van der Waals surface area contributed by atoms with Gasteiger partial charge in [-0.1, -0.05) is 13.0 Å². The first-order valence-corrected chi connectivity index (χ1v) is 13.1. The molecule has 2 aliphatic heterocycles. The van der Waals surface area contributed by atoms with Crippen molar-refractivity contribution >= 4 is 29.1 Å². The number of halogens is 1. The second kappa shape index (κ2) is 11.9. The van der Waals surface area contributed by atoms with Gasteiger partial charge in [0.25, 0.3) is 0 Å². The van der Waals surface area contributed by atoms with Crippen molar-refractivity contribution in [1.29, 1.82) is 0 Å². The van der Waals surface area contributed by atoms with E-state index in [1.165, 1.54) is 23.5 Å². The monoisotopic (exact) mass is 530 g/mol. The van der Waals surface area contributed by atoms with Crippen LogP contribution in [0, 0.1) is 18.7 Å². The number of carboxylic acids is 1. The standard InChI is InChI=1S/C26H31FN4O5S/c1-4-36-26(34)21-20(13-31-8-9-35-14-18(31)12-16(3)25(32)33)29-23(24-28-7-10-37-24)30-22(21)19-6-5-17(27)11-15(19)2/h5-7,10-11,16,18,22H,4,8-9,12-14H2,1-3H3,(H,29,30)(H,32,33). The van der Waals surface area contributed by atoms with Gasteiger partial charge in [-0.15, -0.1) is 11.3 Å². The molecule has 3 heterocycles. The number of carboxylic acid groups (broad SMARTS) is 1. The van der Waals surface area contributed by atoms with Gasteiger partial charge in [0, 0.05) is 36.4 Å². The summed E-state index contributed by atoms with van der Waals surface area (Å²) in [6.45, 7) is 7.18. The Morgan fingerprint density at radius 1 is 1.41 bits per heavy atom. The molecule has 2 aliphatic rings. The number of benzene rings is 1. The lowest BCUT2D eigenvalue weighted by Gasteiger charge is -2.38. The highest BCUT2D eigenvalue weighted by molar-refractivity contribution is 7.11. The van der Waals surface area contributed by atoms with Crippen molar-refractivity contribution in [3.63, 3.8) is 0 Å². The van der Waals surface area contributed by atoms with Gasteiger partial charge in [0.2, 0.25) is 0 Å². The number of nitrogens with one attached hydrogen (secondary N) is 1. The third-order valence-corrected chi connectivity index (χ3v) is 7.32. The zero-order valence-electron chi connectivity index (χ0n) is 21.1. The number of aliphatic imine (C=N–C) groups is 1. The van der Waals surface area contributed by atoms with Gasteiger partial charge < -0.3 is 19.9 Å². The number of aliphatic carboxylic acids is 1. The normalized spacial score (nSPS) is 21.2. The Kier molecular flexibility index (Phi) is 8.67. The van der Waals surface area contributed by atoms with E-state index in [1.54, 1.807) is 33.0 Å². The molecule has 1 fully saturated rings. The number of carbonyl (C=O) groups excluding carboxylic acids is 1. The van der Waals surface area contributed by atoms with Crippen LogP contribution in [-0.2, 0) is 19.1 Å². The maximum absolute atomic E-state index is 14.0. The molecule has 1 aromatic heterocycles. The summed E-state index contributed by atoms with van der Waals surface area (Å²) in [5.41, 5.74) is 2.29. The third-order valence-electron chi connectivity index (χ3n) is 6.54. The lowest BCUT2D eigenvalue weighted by molar-refractivity contribution is -0.142. The summed E-state index contributed by atoms with van der Waals surface area (Å²) in [4.78, 5) is 36.3. The van der Waals surface area contributed by atoms with Crippen molar-refractivity contribution < 1.29 is 28.6 Å². The Bertz CT molecular complexity index is 1200. The van der Waals surface area contributed by atoms with Crippen LogP contribution in [0.15, 0.2) is 46.0 Å². The van der Waals surface area contributed by atoms with Gasteiger partial charge in [-0.3, -0.25) is 14.7 Å². The number of carbonyl (C=O) groups is 2. The lowest BCUT2D eigenvalue weighted by Crippen LogP contribution is -2.49. The number of thiazole rings is 1. The van der Waals surface area contributed by atoms with Crippen LogP contribution in [0.4, 0.5) is 4.39 Å². The molecule has 9 nitrogen and oxygen atoms in total. The molecular formula is C26H31FN4O5S. The van der Waals surface area contributed by atoms with E-state index < -0.39 is 23.9 Å². The van der Waals surface area contributed by atoms with Crippen molar-refractivity contribution in [3.05, 3.63) is 63.0 Å². The summed E-state index contributed by atoms with van der Waals surface area (Å²) >= 11 is 1.41. The summed E-state index contributed by atoms with van der Waals surface area (Å²) in [5.74, 6) is -1.78. The van der Waals surface area contributed by atoms with E-state index in [-0.39, 0.29) is 18.5 Å². The molecule has 3 atom stereocenters. The summed E-state index contributed by atoms with van der Waals surface area (Å²) in [7, 11) is 0. The highest BCUT2D eigenvalue weighted by Gasteiger charge is 2.36. The summed E-state index contributed by atoms with van der Waals surface area (Å²) in [6.07, 6.45) is 2.09.